The largest absolute Gasteiger partial charge is 0.495 e. The molecule has 23 heavy (non-hydrogen) atoms. The lowest BCUT2D eigenvalue weighted by molar-refractivity contribution is -0.122. The zero-order valence-electron chi connectivity index (χ0n) is 13.1. The Morgan fingerprint density at radius 3 is 2.52 bits per heavy atom. The Morgan fingerprint density at radius 1 is 1.22 bits per heavy atom. The highest BCUT2D eigenvalue weighted by Crippen LogP contribution is 2.28. The van der Waals surface area contributed by atoms with Gasteiger partial charge in [-0.3, -0.25) is 4.79 Å². The zero-order chi connectivity index (χ0) is 16.8. The maximum atomic E-state index is 12.3. The standard InChI is InChI=1S/C17H18ClNO3S/c1-11(22-13-5-7-14(23-3)8-6-13)17(20)19-15-10-12(18)4-9-16(15)21-2/h4-11H,1-3H3,(H,19,20)/t11-/m1/s1. The molecular formula is C17H18ClNO3S. The number of amides is 1. The summed E-state index contributed by atoms with van der Waals surface area (Å²) in [5.41, 5.74) is 0.512. The molecule has 0 aliphatic carbocycles. The first-order valence-electron chi connectivity index (χ1n) is 6.98. The summed E-state index contributed by atoms with van der Waals surface area (Å²) >= 11 is 7.60. The van der Waals surface area contributed by atoms with Crippen molar-refractivity contribution in [3.8, 4) is 11.5 Å². The van der Waals surface area contributed by atoms with Gasteiger partial charge in [0.15, 0.2) is 6.10 Å². The van der Waals surface area contributed by atoms with Gasteiger partial charge >= 0.3 is 0 Å². The van der Waals surface area contributed by atoms with Crippen LogP contribution in [0.4, 0.5) is 5.69 Å². The molecule has 0 radical (unpaired) electrons. The number of nitrogens with one attached hydrogen (secondary N) is 1. The van der Waals surface area contributed by atoms with Crippen molar-refractivity contribution in [3.63, 3.8) is 0 Å². The first kappa shape index (κ1) is 17.5. The summed E-state index contributed by atoms with van der Waals surface area (Å²) in [7, 11) is 1.53. The molecule has 1 N–H and O–H groups in total. The van der Waals surface area contributed by atoms with Gasteiger partial charge in [0.1, 0.15) is 11.5 Å². The number of rotatable bonds is 6. The third-order valence-corrected chi connectivity index (χ3v) is 4.14. The van der Waals surface area contributed by atoms with Crippen LogP contribution in [-0.2, 0) is 4.79 Å². The van der Waals surface area contributed by atoms with E-state index in [1.165, 1.54) is 7.11 Å². The second kappa shape index (κ2) is 8.13. The van der Waals surface area contributed by atoms with E-state index in [0.29, 0.717) is 22.2 Å². The molecule has 6 heteroatoms. The van der Waals surface area contributed by atoms with Crippen LogP contribution in [-0.4, -0.2) is 25.4 Å². The molecule has 1 amide bonds. The molecule has 0 aliphatic heterocycles. The topological polar surface area (TPSA) is 47.6 Å². The number of thioether (sulfide) groups is 1. The van der Waals surface area contributed by atoms with Crippen LogP contribution in [0.2, 0.25) is 5.02 Å². The van der Waals surface area contributed by atoms with E-state index in [1.807, 2.05) is 30.5 Å². The number of carbonyl (C=O) groups excluding carboxylic acids is 1. The molecule has 2 aromatic rings. The quantitative estimate of drug-likeness (QED) is 0.780. The molecule has 4 nitrogen and oxygen atoms in total. The highest BCUT2D eigenvalue weighted by Gasteiger charge is 2.17. The Balaban J connectivity index is 2.03. The third kappa shape index (κ3) is 4.81. The number of hydrogen-bond donors (Lipinski definition) is 1. The molecule has 2 rings (SSSR count). The van der Waals surface area contributed by atoms with Crippen LogP contribution < -0.4 is 14.8 Å². The average Bonchev–Trinajstić information content (AvgIpc) is 2.55. The number of hydrogen-bond acceptors (Lipinski definition) is 4. The van der Waals surface area contributed by atoms with E-state index in [0.717, 1.165) is 4.90 Å². The Kier molecular flexibility index (Phi) is 6.19. The van der Waals surface area contributed by atoms with Gasteiger partial charge < -0.3 is 14.8 Å². The van der Waals surface area contributed by atoms with Crippen molar-refractivity contribution in [1.82, 2.24) is 0 Å². The van der Waals surface area contributed by atoms with Gasteiger partial charge in [0, 0.05) is 9.92 Å². The SMILES string of the molecule is COc1ccc(Cl)cc1NC(=O)[C@@H](C)Oc1ccc(SC)cc1. The van der Waals surface area contributed by atoms with Gasteiger partial charge in [-0.2, -0.15) is 0 Å². The number of benzene rings is 2. The van der Waals surface area contributed by atoms with Crippen LogP contribution >= 0.6 is 23.4 Å². The summed E-state index contributed by atoms with van der Waals surface area (Å²) < 4.78 is 10.9. The normalized spacial score (nSPS) is 11.7. The molecule has 0 unspecified atom stereocenters. The highest BCUT2D eigenvalue weighted by molar-refractivity contribution is 7.98. The van der Waals surface area contributed by atoms with Crippen molar-refractivity contribution in [3.05, 3.63) is 47.5 Å². The molecule has 2 aromatic carbocycles. The van der Waals surface area contributed by atoms with Crippen molar-refractivity contribution in [2.24, 2.45) is 0 Å². The minimum Gasteiger partial charge on any atom is -0.495 e. The van der Waals surface area contributed by atoms with E-state index in [1.54, 1.807) is 36.9 Å². The van der Waals surface area contributed by atoms with Crippen molar-refractivity contribution < 1.29 is 14.3 Å². The Morgan fingerprint density at radius 2 is 1.91 bits per heavy atom. The van der Waals surface area contributed by atoms with Gasteiger partial charge in [-0.15, -0.1) is 11.8 Å². The second-order valence-corrected chi connectivity index (χ2v) is 6.09. The van der Waals surface area contributed by atoms with Gasteiger partial charge in [0.2, 0.25) is 0 Å². The van der Waals surface area contributed by atoms with Crippen molar-refractivity contribution >= 4 is 35.0 Å². The maximum absolute atomic E-state index is 12.3. The summed E-state index contributed by atoms with van der Waals surface area (Å²) in [4.78, 5) is 13.4. The number of anilines is 1. The highest BCUT2D eigenvalue weighted by atomic mass is 35.5. The summed E-state index contributed by atoms with van der Waals surface area (Å²) in [5.74, 6) is 0.905. The molecule has 0 heterocycles. The van der Waals surface area contributed by atoms with Crippen molar-refractivity contribution in [2.75, 3.05) is 18.7 Å². The fourth-order valence-electron chi connectivity index (χ4n) is 1.92. The first-order valence-corrected chi connectivity index (χ1v) is 8.59. The van der Waals surface area contributed by atoms with Crippen LogP contribution in [0, 0.1) is 0 Å². The molecule has 1 atom stereocenters. The van der Waals surface area contributed by atoms with E-state index < -0.39 is 6.10 Å². The minimum atomic E-state index is -0.654. The third-order valence-electron chi connectivity index (χ3n) is 3.16. The Bertz CT molecular complexity index is 676. The number of halogens is 1. The molecule has 0 saturated heterocycles. The van der Waals surface area contributed by atoms with Gasteiger partial charge in [-0.1, -0.05) is 11.6 Å². The zero-order valence-corrected chi connectivity index (χ0v) is 14.7. The molecular weight excluding hydrogens is 334 g/mol. The van der Waals surface area contributed by atoms with Gasteiger partial charge in [-0.05, 0) is 55.6 Å². The van der Waals surface area contributed by atoms with Crippen LogP contribution in [0.15, 0.2) is 47.4 Å². The summed E-state index contributed by atoms with van der Waals surface area (Å²) in [5, 5.41) is 3.28. The number of ether oxygens (including phenoxy) is 2. The van der Waals surface area contributed by atoms with E-state index in [9.17, 15) is 4.79 Å². The van der Waals surface area contributed by atoms with E-state index >= 15 is 0 Å². The van der Waals surface area contributed by atoms with Gasteiger partial charge in [-0.25, -0.2) is 0 Å². The van der Waals surface area contributed by atoms with E-state index in [2.05, 4.69) is 5.32 Å². The summed E-state index contributed by atoms with van der Waals surface area (Å²) in [6.07, 6.45) is 1.35. The molecule has 122 valence electrons. The van der Waals surface area contributed by atoms with Crippen molar-refractivity contribution in [2.45, 2.75) is 17.9 Å². The van der Waals surface area contributed by atoms with Crippen LogP contribution in [0.5, 0.6) is 11.5 Å². The lowest BCUT2D eigenvalue weighted by Crippen LogP contribution is -2.30. The minimum absolute atomic E-state index is 0.278. The van der Waals surface area contributed by atoms with Crippen LogP contribution in [0.25, 0.3) is 0 Å². The molecule has 0 saturated carbocycles. The first-order chi connectivity index (χ1) is 11.0. The fraction of sp³-hybridized carbons (Fsp3) is 0.235. The predicted octanol–water partition coefficient (Wildman–Crippen LogP) is 4.48. The average molecular weight is 352 g/mol. The molecule has 0 fully saturated rings. The van der Waals surface area contributed by atoms with Crippen molar-refractivity contribution in [1.29, 1.82) is 0 Å². The number of methoxy groups -OCH3 is 1. The second-order valence-electron chi connectivity index (χ2n) is 4.77. The lowest BCUT2D eigenvalue weighted by atomic mass is 10.2. The molecule has 0 bridgehead atoms. The van der Waals surface area contributed by atoms with Crippen LogP contribution in [0.1, 0.15) is 6.92 Å². The van der Waals surface area contributed by atoms with Gasteiger partial charge in [0.05, 0.1) is 12.8 Å². The molecule has 0 aliphatic rings. The molecule has 0 spiro atoms. The lowest BCUT2D eigenvalue weighted by Gasteiger charge is -2.16. The van der Waals surface area contributed by atoms with E-state index in [-0.39, 0.29) is 5.91 Å². The smallest absolute Gasteiger partial charge is 0.265 e. The summed E-state index contributed by atoms with van der Waals surface area (Å²) in [6, 6.07) is 12.6. The monoisotopic (exact) mass is 351 g/mol. The summed E-state index contributed by atoms with van der Waals surface area (Å²) in [6.45, 7) is 1.69. The number of carbonyl (C=O) groups is 1. The Labute approximate surface area is 145 Å². The van der Waals surface area contributed by atoms with E-state index in [4.69, 9.17) is 21.1 Å². The Hall–Kier alpha value is -1.85. The predicted molar refractivity (Wildman–Crippen MR) is 94.9 cm³/mol. The maximum Gasteiger partial charge on any atom is 0.265 e. The molecule has 0 aromatic heterocycles. The fourth-order valence-corrected chi connectivity index (χ4v) is 2.50. The van der Waals surface area contributed by atoms with Crippen LogP contribution in [0.3, 0.4) is 0 Å². The van der Waals surface area contributed by atoms with Gasteiger partial charge in [0.25, 0.3) is 5.91 Å².